The van der Waals surface area contributed by atoms with Crippen molar-refractivity contribution < 1.29 is 9.90 Å². The molecule has 1 aromatic heterocycles. The van der Waals surface area contributed by atoms with Gasteiger partial charge in [-0.1, -0.05) is 22.0 Å². The number of thiazole rings is 1. The van der Waals surface area contributed by atoms with Crippen LogP contribution in [0.15, 0.2) is 28.1 Å². The molecule has 0 saturated carbocycles. The second kappa shape index (κ2) is 5.49. The van der Waals surface area contributed by atoms with Gasteiger partial charge in [-0.15, -0.1) is 11.3 Å². The van der Waals surface area contributed by atoms with Crippen molar-refractivity contribution in [3.05, 3.63) is 39.3 Å². The van der Waals surface area contributed by atoms with Gasteiger partial charge in [-0.2, -0.15) is 0 Å². The van der Waals surface area contributed by atoms with Gasteiger partial charge in [0.2, 0.25) is 0 Å². The summed E-state index contributed by atoms with van der Waals surface area (Å²) in [7, 11) is 0. The number of hydrogen-bond acceptors (Lipinski definition) is 4. The van der Waals surface area contributed by atoms with Gasteiger partial charge < -0.3 is 10.4 Å². The Labute approximate surface area is 117 Å². The van der Waals surface area contributed by atoms with E-state index in [2.05, 4.69) is 26.2 Å². The predicted octanol–water partition coefficient (Wildman–Crippen LogP) is 3.58. The Kier molecular flexibility index (Phi) is 3.98. The van der Waals surface area contributed by atoms with Gasteiger partial charge in [0.1, 0.15) is 0 Å². The molecule has 94 valence electrons. The zero-order valence-corrected chi connectivity index (χ0v) is 12.0. The third-order valence-corrected chi connectivity index (χ3v) is 3.63. The van der Waals surface area contributed by atoms with Gasteiger partial charge in [-0.25, -0.2) is 4.98 Å². The normalized spacial score (nSPS) is 10.3. The highest BCUT2D eigenvalue weighted by atomic mass is 79.9. The average molecular weight is 327 g/mol. The number of nitrogens with zero attached hydrogens (tertiary/aromatic N) is 1. The monoisotopic (exact) mass is 326 g/mol. The quantitative estimate of drug-likeness (QED) is 0.901. The highest BCUT2D eigenvalue weighted by molar-refractivity contribution is 9.10. The number of aliphatic carboxylic acids is 1. The van der Waals surface area contributed by atoms with Crippen LogP contribution in [0.25, 0.3) is 0 Å². The van der Waals surface area contributed by atoms with Gasteiger partial charge >= 0.3 is 5.97 Å². The Balaban J connectivity index is 2.16. The third-order valence-electron chi connectivity index (χ3n) is 2.33. The number of carbonyl (C=O) groups is 1. The molecule has 1 aromatic carbocycles. The lowest BCUT2D eigenvalue weighted by atomic mass is 10.2. The van der Waals surface area contributed by atoms with Gasteiger partial charge in [-0.3, -0.25) is 4.79 Å². The average Bonchev–Trinajstić information content (AvgIpc) is 2.70. The molecule has 2 rings (SSSR count). The molecule has 0 aliphatic carbocycles. The van der Waals surface area contributed by atoms with Crippen LogP contribution in [-0.4, -0.2) is 16.1 Å². The molecule has 0 saturated heterocycles. The first-order valence-corrected chi connectivity index (χ1v) is 6.91. The summed E-state index contributed by atoms with van der Waals surface area (Å²) in [6, 6.07) is 5.93. The van der Waals surface area contributed by atoms with E-state index >= 15 is 0 Å². The van der Waals surface area contributed by atoms with E-state index in [9.17, 15) is 4.79 Å². The Bertz CT molecular complexity index is 583. The summed E-state index contributed by atoms with van der Waals surface area (Å²) in [5.74, 6) is -0.870. The van der Waals surface area contributed by atoms with Gasteiger partial charge in [0.25, 0.3) is 0 Å². The summed E-state index contributed by atoms with van der Waals surface area (Å²) in [6.07, 6.45) is -0.0460. The van der Waals surface area contributed by atoms with Crippen LogP contribution in [0.3, 0.4) is 0 Å². The van der Waals surface area contributed by atoms with Gasteiger partial charge in [0, 0.05) is 15.5 Å². The fourth-order valence-corrected chi connectivity index (χ4v) is 2.53. The molecule has 0 fully saturated rings. The second-order valence-corrected chi connectivity index (χ2v) is 5.57. The topological polar surface area (TPSA) is 62.2 Å². The molecule has 0 bridgehead atoms. The van der Waals surface area contributed by atoms with Crippen molar-refractivity contribution in [2.24, 2.45) is 0 Å². The highest BCUT2D eigenvalue weighted by Gasteiger charge is 2.07. The zero-order chi connectivity index (χ0) is 13.1. The second-order valence-electron chi connectivity index (χ2n) is 3.80. The van der Waals surface area contributed by atoms with Crippen molar-refractivity contribution in [2.75, 3.05) is 5.32 Å². The largest absolute Gasteiger partial charge is 0.481 e. The van der Waals surface area contributed by atoms with Gasteiger partial charge in [0.05, 0.1) is 12.1 Å². The number of aromatic nitrogens is 1. The first-order chi connectivity index (χ1) is 8.54. The number of rotatable bonds is 4. The Morgan fingerprint density at radius 3 is 3.06 bits per heavy atom. The van der Waals surface area contributed by atoms with Gasteiger partial charge in [0.15, 0.2) is 5.13 Å². The molecule has 0 unspecified atom stereocenters. The highest BCUT2D eigenvalue weighted by Crippen LogP contribution is 2.26. The first kappa shape index (κ1) is 13.0. The predicted molar refractivity (Wildman–Crippen MR) is 75.6 cm³/mol. The molecule has 2 N–H and O–H groups in total. The van der Waals surface area contributed by atoms with E-state index in [1.54, 1.807) is 5.38 Å². The molecule has 18 heavy (non-hydrogen) atoms. The summed E-state index contributed by atoms with van der Waals surface area (Å²) in [4.78, 5) is 14.8. The molecule has 2 aromatic rings. The third kappa shape index (κ3) is 3.30. The first-order valence-electron chi connectivity index (χ1n) is 5.24. The lowest BCUT2D eigenvalue weighted by molar-refractivity contribution is -0.136. The van der Waals surface area contributed by atoms with Crippen LogP contribution in [0.2, 0.25) is 0 Å². The Hall–Kier alpha value is -1.40. The van der Waals surface area contributed by atoms with Crippen LogP contribution in [-0.2, 0) is 11.2 Å². The Morgan fingerprint density at radius 1 is 1.56 bits per heavy atom. The summed E-state index contributed by atoms with van der Waals surface area (Å²) in [6.45, 7) is 2.00. The summed E-state index contributed by atoms with van der Waals surface area (Å²) >= 11 is 4.81. The van der Waals surface area contributed by atoms with E-state index < -0.39 is 5.97 Å². The molecule has 4 nitrogen and oxygen atoms in total. The van der Waals surface area contributed by atoms with Crippen LogP contribution in [0.1, 0.15) is 11.3 Å². The van der Waals surface area contributed by atoms with E-state index in [1.165, 1.54) is 11.3 Å². The molecule has 0 amide bonds. The number of aryl methyl sites for hydroxylation is 1. The fourth-order valence-electron chi connectivity index (χ4n) is 1.44. The lowest BCUT2D eigenvalue weighted by Gasteiger charge is -2.06. The fraction of sp³-hybridized carbons (Fsp3) is 0.167. The van der Waals surface area contributed by atoms with E-state index in [-0.39, 0.29) is 6.42 Å². The van der Waals surface area contributed by atoms with Crippen molar-refractivity contribution >= 4 is 44.1 Å². The minimum atomic E-state index is -0.870. The number of carboxylic acid groups (broad SMARTS) is 1. The van der Waals surface area contributed by atoms with Crippen molar-refractivity contribution in [1.82, 2.24) is 4.98 Å². The van der Waals surface area contributed by atoms with Crippen molar-refractivity contribution in [2.45, 2.75) is 13.3 Å². The SMILES string of the molecule is Cc1ccc(Br)cc1Nc1nc(CC(=O)O)cs1. The van der Waals surface area contributed by atoms with Gasteiger partial charge in [-0.05, 0) is 24.6 Å². The van der Waals surface area contributed by atoms with Crippen LogP contribution in [0, 0.1) is 6.92 Å². The summed E-state index contributed by atoms with van der Waals surface area (Å²) in [5.41, 5.74) is 2.64. The number of benzene rings is 1. The van der Waals surface area contributed by atoms with Crippen molar-refractivity contribution in [3.63, 3.8) is 0 Å². The maximum Gasteiger partial charge on any atom is 0.309 e. The van der Waals surface area contributed by atoms with E-state index in [1.807, 2.05) is 25.1 Å². The summed E-state index contributed by atoms with van der Waals surface area (Å²) < 4.78 is 0.984. The molecule has 0 spiro atoms. The van der Waals surface area contributed by atoms with Crippen LogP contribution < -0.4 is 5.32 Å². The summed E-state index contributed by atoms with van der Waals surface area (Å²) in [5, 5.41) is 14.3. The smallest absolute Gasteiger partial charge is 0.309 e. The number of nitrogens with one attached hydrogen (secondary N) is 1. The minimum absolute atomic E-state index is 0.0460. The van der Waals surface area contributed by atoms with Crippen LogP contribution in [0.5, 0.6) is 0 Å². The van der Waals surface area contributed by atoms with Crippen molar-refractivity contribution in [1.29, 1.82) is 0 Å². The molecule has 1 heterocycles. The zero-order valence-electron chi connectivity index (χ0n) is 9.61. The van der Waals surface area contributed by atoms with E-state index in [0.717, 1.165) is 15.7 Å². The lowest BCUT2D eigenvalue weighted by Crippen LogP contribution is -2.00. The molecule has 0 radical (unpaired) electrons. The molecular formula is C12H11BrN2O2S. The maximum absolute atomic E-state index is 10.6. The number of halogens is 1. The van der Waals surface area contributed by atoms with Crippen LogP contribution in [0.4, 0.5) is 10.8 Å². The minimum Gasteiger partial charge on any atom is -0.481 e. The number of hydrogen-bond donors (Lipinski definition) is 2. The number of carboxylic acids is 1. The molecular weight excluding hydrogens is 316 g/mol. The molecule has 0 atom stereocenters. The maximum atomic E-state index is 10.6. The molecule has 0 aliphatic heterocycles. The van der Waals surface area contributed by atoms with Crippen molar-refractivity contribution in [3.8, 4) is 0 Å². The molecule has 6 heteroatoms. The van der Waals surface area contributed by atoms with E-state index in [4.69, 9.17) is 5.11 Å². The Morgan fingerprint density at radius 2 is 2.33 bits per heavy atom. The van der Waals surface area contributed by atoms with E-state index in [0.29, 0.717) is 10.8 Å². The molecule has 0 aliphatic rings. The van der Waals surface area contributed by atoms with Crippen LogP contribution >= 0.6 is 27.3 Å². The standard InChI is InChI=1S/C12H11BrN2O2S/c1-7-2-3-8(13)4-10(7)15-12-14-9(6-18-12)5-11(16)17/h2-4,6H,5H2,1H3,(H,14,15)(H,16,17). The number of anilines is 2.